The second kappa shape index (κ2) is 7.53. The summed E-state index contributed by atoms with van der Waals surface area (Å²) in [6.07, 6.45) is 6.86. The summed E-state index contributed by atoms with van der Waals surface area (Å²) in [5.74, 6) is -0.864. The van der Waals surface area contributed by atoms with Crippen LogP contribution in [0.2, 0.25) is 0 Å². The summed E-state index contributed by atoms with van der Waals surface area (Å²) in [6.45, 7) is 0. The number of fused-ring (bicyclic) bond motifs is 2. The molecule has 1 aromatic carbocycles. The molecule has 0 spiro atoms. The van der Waals surface area contributed by atoms with Crippen molar-refractivity contribution in [2.24, 2.45) is 0 Å². The Morgan fingerprint density at radius 2 is 1.93 bits per heavy atom. The Morgan fingerprint density at radius 1 is 1.14 bits per heavy atom. The van der Waals surface area contributed by atoms with Gasteiger partial charge in [-0.2, -0.15) is 0 Å². The Kier molecular flexibility index (Phi) is 5.24. The number of carbonyl (C=O) groups is 1. The van der Waals surface area contributed by atoms with Gasteiger partial charge in [-0.15, -0.1) is 0 Å². The molecule has 28 heavy (non-hydrogen) atoms. The second-order valence-corrected chi connectivity index (χ2v) is 11.5. The molecular weight excluding hydrogens is 484 g/mol. The molecule has 2 aliphatic rings. The van der Waals surface area contributed by atoms with Crippen molar-refractivity contribution < 1.29 is 9.90 Å². The molecule has 0 amide bonds. The number of thiophene rings is 1. The molecule has 6 heteroatoms. The van der Waals surface area contributed by atoms with Crippen LogP contribution in [0.1, 0.15) is 20.1 Å². The monoisotopic (exact) mass is 508 g/mol. The zero-order valence-electron chi connectivity index (χ0n) is 16.3. The Balaban J connectivity index is 1.92. The third-order valence-electron chi connectivity index (χ3n) is 4.95. The molecule has 1 N–H and O–H groups in total. The van der Waals surface area contributed by atoms with Crippen molar-refractivity contribution in [3.63, 3.8) is 0 Å². The predicted octanol–water partition coefficient (Wildman–Crippen LogP) is 3.04. The van der Waals surface area contributed by atoms with Gasteiger partial charge in [0, 0.05) is 0 Å². The van der Waals surface area contributed by atoms with E-state index in [1.807, 2.05) is 6.07 Å². The van der Waals surface area contributed by atoms with Crippen molar-refractivity contribution in [2.75, 3.05) is 33.1 Å². The topological polar surface area (TPSA) is 43.8 Å². The number of carboxylic acid groups (broad SMARTS) is 1. The number of hydrogen-bond donors (Lipinski definition) is 1. The van der Waals surface area contributed by atoms with Gasteiger partial charge in [0.15, 0.2) is 0 Å². The molecule has 144 valence electrons. The molecule has 0 saturated carbocycles. The maximum absolute atomic E-state index is 11.4. The summed E-state index contributed by atoms with van der Waals surface area (Å²) in [6, 6.07) is 10.6. The molecule has 0 bridgehead atoms. The van der Waals surface area contributed by atoms with Crippen molar-refractivity contribution in [3.8, 4) is 0 Å². The second-order valence-electron chi connectivity index (χ2n) is 7.28. The normalized spacial score (nSPS) is 18.0. The van der Waals surface area contributed by atoms with Gasteiger partial charge in [0.05, 0.1) is 0 Å². The van der Waals surface area contributed by atoms with Crippen LogP contribution in [0.15, 0.2) is 57.8 Å². The molecule has 2 aromatic rings. The molecule has 1 aliphatic carbocycles. The van der Waals surface area contributed by atoms with E-state index < -0.39 is 26.9 Å². The Morgan fingerprint density at radius 3 is 2.57 bits per heavy atom. The van der Waals surface area contributed by atoms with Crippen molar-refractivity contribution in [1.82, 2.24) is 4.90 Å². The fraction of sp³-hybridized carbons (Fsp3) is 0.227. The summed E-state index contributed by atoms with van der Waals surface area (Å²) in [5.41, 5.74) is 4.91. The number of likely N-dealkylation sites (N-methyl/N-ethyl adjacent to an activating group) is 1. The number of anilines is 1. The summed E-state index contributed by atoms with van der Waals surface area (Å²) in [4.78, 5) is 17.2. The van der Waals surface area contributed by atoms with Crippen LogP contribution in [0.25, 0.3) is 5.57 Å². The van der Waals surface area contributed by atoms with E-state index >= 15 is 0 Å². The minimum absolute atomic E-state index is 0.307. The number of carboxylic acids is 1. The molecule has 0 radical (unpaired) electrons. The molecule has 2 heterocycles. The van der Waals surface area contributed by atoms with Crippen molar-refractivity contribution in [3.05, 3.63) is 73.1 Å². The summed E-state index contributed by atoms with van der Waals surface area (Å²) in [5, 5.41) is 9.38. The van der Waals surface area contributed by atoms with Gasteiger partial charge in [0.1, 0.15) is 0 Å². The minimum atomic E-state index is -0.864. The van der Waals surface area contributed by atoms with Crippen LogP contribution < -0.4 is 8.51 Å². The molecular formula is C22H22N2O2STe. The van der Waals surface area contributed by atoms with Crippen LogP contribution in [-0.4, -0.2) is 71.1 Å². The van der Waals surface area contributed by atoms with Crippen LogP contribution in [0.3, 0.4) is 0 Å². The summed E-state index contributed by atoms with van der Waals surface area (Å²) in [7, 11) is 8.33. The fourth-order valence-electron chi connectivity index (χ4n) is 3.39. The van der Waals surface area contributed by atoms with E-state index in [1.54, 1.807) is 6.07 Å². The fourth-order valence-corrected chi connectivity index (χ4v) is 7.69. The zero-order valence-corrected chi connectivity index (χ0v) is 19.4. The Labute approximate surface area is 179 Å². The molecule has 0 fully saturated rings. The van der Waals surface area contributed by atoms with Crippen LogP contribution in [-0.2, 0) is 0 Å². The van der Waals surface area contributed by atoms with Crippen molar-refractivity contribution >= 4 is 53.1 Å². The van der Waals surface area contributed by atoms with Crippen LogP contribution in [0.4, 0.5) is 5.69 Å². The van der Waals surface area contributed by atoms with Gasteiger partial charge < -0.3 is 0 Å². The number of allylic oxidation sites excluding steroid dienone is 3. The van der Waals surface area contributed by atoms with Gasteiger partial charge in [0.2, 0.25) is 0 Å². The first kappa shape index (κ1) is 19.5. The van der Waals surface area contributed by atoms with Gasteiger partial charge in [-0.05, 0) is 0 Å². The van der Waals surface area contributed by atoms with E-state index in [1.165, 1.54) is 41.0 Å². The average Bonchev–Trinajstić information content (AvgIpc) is 3.15. The van der Waals surface area contributed by atoms with Gasteiger partial charge in [-0.1, -0.05) is 0 Å². The number of hydrogen-bond acceptors (Lipinski definition) is 4. The van der Waals surface area contributed by atoms with E-state index in [-0.39, 0.29) is 0 Å². The van der Waals surface area contributed by atoms with E-state index in [0.29, 0.717) is 10.9 Å². The quantitative estimate of drug-likeness (QED) is 0.649. The number of aromatic carboxylic acids is 1. The van der Waals surface area contributed by atoms with E-state index in [9.17, 15) is 9.90 Å². The number of rotatable bonds is 4. The van der Waals surface area contributed by atoms with Crippen LogP contribution >= 0.6 is 11.3 Å². The first-order valence-electron chi connectivity index (χ1n) is 8.99. The van der Waals surface area contributed by atoms with Crippen molar-refractivity contribution in [2.45, 2.75) is 6.04 Å². The van der Waals surface area contributed by atoms with Crippen molar-refractivity contribution in [1.29, 1.82) is 0 Å². The molecule has 1 aromatic heterocycles. The van der Waals surface area contributed by atoms with Gasteiger partial charge in [-0.25, -0.2) is 0 Å². The first-order valence-corrected chi connectivity index (χ1v) is 12.1. The molecule has 1 aliphatic heterocycles. The summed E-state index contributed by atoms with van der Waals surface area (Å²) < 4.78 is 2.86. The number of benzene rings is 1. The van der Waals surface area contributed by atoms with E-state index in [2.05, 4.69) is 74.4 Å². The molecule has 0 saturated heterocycles. The first-order chi connectivity index (χ1) is 13.3. The standard InChI is InChI=1S/C22H22N2O2STe/c1-23(2)13-5-7-15-19(11-13)28-20-12-14(24(3)4)6-8-16(20)21(15)17-9-10-18(27-17)22(25)26/h5-13H,1-4H3,(H,25,26). The third kappa shape index (κ3) is 3.46. The third-order valence-corrected chi connectivity index (χ3v) is 9.27. The molecule has 4 nitrogen and oxygen atoms in total. The van der Waals surface area contributed by atoms with Gasteiger partial charge in [0.25, 0.3) is 0 Å². The summed E-state index contributed by atoms with van der Waals surface area (Å²) >= 11 is 0.844. The van der Waals surface area contributed by atoms with Crippen LogP contribution in [0, 0.1) is 0 Å². The van der Waals surface area contributed by atoms with Gasteiger partial charge >= 0.3 is 180 Å². The maximum atomic E-state index is 11.4. The number of nitrogens with zero attached hydrogens (tertiary/aromatic N) is 2. The molecule has 1 unspecified atom stereocenters. The van der Waals surface area contributed by atoms with Crippen LogP contribution in [0.5, 0.6) is 0 Å². The molecule has 1 atom stereocenters. The van der Waals surface area contributed by atoms with Gasteiger partial charge in [-0.3, -0.25) is 0 Å². The average molecular weight is 506 g/mol. The molecule has 4 rings (SSSR count). The predicted molar refractivity (Wildman–Crippen MR) is 118 cm³/mol. The Bertz CT molecular complexity index is 1050. The van der Waals surface area contributed by atoms with E-state index in [0.717, 1.165) is 4.88 Å². The SMILES string of the molecule is CN(C)c1ccc2c(c1)[Te]C1=CC(N(C)C)C=CC1=C2c1ccc(C(=O)O)s1. The van der Waals surface area contributed by atoms with E-state index in [4.69, 9.17) is 0 Å². The Hall–Kier alpha value is -1.84. The zero-order chi connectivity index (χ0) is 20.0.